The van der Waals surface area contributed by atoms with Gasteiger partial charge in [-0.05, 0) is 17.6 Å². The molecule has 2 heteroatoms. The Morgan fingerprint density at radius 1 is 1.50 bits per heavy atom. The molecule has 0 unspecified atom stereocenters. The van der Waals surface area contributed by atoms with Gasteiger partial charge in [-0.1, -0.05) is 18.2 Å². The highest BCUT2D eigenvalue weighted by molar-refractivity contribution is 5.34. The van der Waals surface area contributed by atoms with E-state index in [1.54, 1.807) is 12.2 Å². The van der Waals surface area contributed by atoms with Gasteiger partial charge in [-0.2, -0.15) is 0 Å². The molecule has 2 nitrogen and oxygen atoms in total. The lowest BCUT2D eigenvalue weighted by molar-refractivity contribution is 0.334. The van der Waals surface area contributed by atoms with Crippen LogP contribution < -0.4 is 0 Å². The first-order chi connectivity index (χ1) is 4.86. The number of aliphatic hydroxyl groups is 2. The highest BCUT2D eigenvalue weighted by Crippen LogP contribution is 2.13. The van der Waals surface area contributed by atoms with Crippen LogP contribution in [0.15, 0.2) is 35.6 Å². The van der Waals surface area contributed by atoms with E-state index < -0.39 is 0 Å². The van der Waals surface area contributed by atoms with Crippen LogP contribution in [0.4, 0.5) is 0 Å². The minimum Gasteiger partial charge on any atom is -0.515 e. The Bertz CT molecular complexity index is 199. The number of hydrogen-bond acceptors (Lipinski definition) is 2. The Hall–Kier alpha value is -1.02. The summed E-state index contributed by atoms with van der Waals surface area (Å²) in [6.45, 7) is 0.0786. The predicted molar refractivity (Wildman–Crippen MR) is 39.6 cm³/mol. The molecular formula is C8H10O2. The molecule has 0 atom stereocenters. The van der Waals surface area contributed by atoms with Crippen LogP contribution in [0.3, 0.4) is 0 Å². The lowest BCUT2D eigenvalue weighted by Crippen LogP contribution is -1.91. The van der Waals surface area contributed by atoms with E-state index in [4.69, 9.17) is 10.2 Å². The van der Waals surface area contributed by atoms with Crippen molar-refractivity contribution >= 4 is 0 Å². The molecule has 1 aliphatic rings. The van der Waals surface area contributed by atoms with Gasteiger partial charge in [0.15, 0.2) is 0 Å². The SMILES string of the molecule is OC=C1C=CC(CO)=CC1. The fourth-order valence-electron chi connectivity index (χ4n) is 0.812. The lowest BCUT2D eigenvalue weighted by Gasteiger charge is -2.04. The molecule has 0 bridgehead atoms. The van der Waals surface area contributed by atoms with Crippen molar-refractivity contribution in [3.63, 3.8) is 0 Å². The second-order valence-corrected chi connectivity index (χ2v) is 2.18. The van der Waals surface area contributed by atoms with Crippen LogP contribution in [0.2, 0.25) is 0 Å². The Morgan fingerprint density at radius 3 is 2.70 bits per heavy atom. The Kier molecular flexibility index (Phi) is 2.29. The molecule has 10 heavy (non-hydrogen) atoms. The maximum Gasteiger partial charge on any atom is 0.0826 e. The summed E-state index contributed by atoms with van der Waals surface area (Å²) in [5.41, 5.74) is 1.78. The highest BCUT2D eigenvalue weighted by atomic mass is 16.3. The molecule has 0 fully saturated rings. The van der Waals surface area contributed by atoms with Crippen LogP contribution in [-0.2, 0) is 0 Å². The Morgan fingerprint density at radius 2 is 2.30 bits per heavy atom. The van der Waals surface area contributed by atoms with Crippen LogP contribution >= 0.6 is 0 Å². The molecule has 0 aromatic carbocycles. The normalized spacial score (nSPS) is 21.3. The van der Waals surface area contributed by atoms with E-state index in [-0.39, 0.29) is 6.61 Å². The topological polar surface area (TPSA) is 40.5 Å². The average Bonchev–Trinajstić information content (AvgIpc) is 2.05. The summed E-state index contributed by atoms with van der Waals surface area (Å²) >= 11 is 0. The third-order valence-corrected chi connectivity index (χ3v) is 1.46. The lowest BCUT2D eigenvalue weighted by atomic mass is 10.0. The van der Waals surface area contributed by atoms with Gasteiger partial charge in [0.25, 0.3) is 0 Å². The van der Waals surface area contributed by atoms with Crippen molar-refractivity contribution in [3.05, 3.63) is 35.6 Å². The van der Waals surface area contributed by atoms with Gasteiger partial charge < -0.3 is 10.2 Å². The van der Waals surface area contributed by atoms with Crippen molar-refractivity contribution in [1.29, 1.82) is 0 Å². The molecular weight excluding hydrogens is 128 g/mol. The van der Waals surface area contributed by atoms with Gasteiger partial charge in [-0.25, -0.2) is 0 Å². The molecule has 0 aliphatic heterocycles. The highest BCUT2D eigenvalue weighted by Gasteiger charge is 1.98. The first kappa shape index (κ1) is 7.09. The summed E-state index contributed by atoms with van der Waals surface area (Å²) in [6.07, 6.45) is 7.28. The number of aliphatic hydroxyl groups excluding tert-OH is 2. The minimum atomic E-state index is 0.0786. The zero-order valence-electron chi connectivity index (χ0n) is 5.62. The smallest absolute Gasteiger partial charge is 0.0826 e. The summed E-state index contributed by atoms with van der Waals surface area (Å²) in [5, 5.41) is 17.2. The van der Waals surface area contributed by atoms with Gasteiger partial charge in [0, 0.05) is 0 Å². The largest absolute Gasteiger partial charge is 0.515 e. The van der Waals surface area contributed by atoms with Crippen molar-refractivity contribution in [1.82, 2.24) is 0 Å². The van der Waals surface area contributed by atoms with Crippen molar-refractivity contribution in [3.8, 4) is 0 Å². The first-order valence-corrected chi connectivity index (χ1v) is 3.18. The fourth-order valence-corrected chi connectivity index (χ4v) is 0.812. The Labute approximate surface area is 59.8 Å². The number of rotatable bonds is 1. The zero-order chi connectivity index (χ0) is 7.40. The van der Waals surface area contributed by atoms with E-state index in [0.29, 0.717) is 6.42 Å². The summed E-state index contributed by atoms with van der Waals surface area (Å²) in [6, 6.07) is 0. The third-order valence-electron chi connectivity index (χ3n) is 1.46. The molecule has 0 heterocycles. The molecule has 0 amide bonds. The van der Waals surface area contributed by atoms with Gasteiger partial charge in [0.1, 0.15) is 0 Å². The zero-order valence-corrected chi connectivity index (χ0v) is 5.62. The van der Waals surface area contributed by atoms with E-state index in [1.165, 1.54) is 0 Å². The molecule has 0 aromatic rings. The van der Waals surface area contributed by atoms with E-state index in [1.807, 2.05) is 6.08 Å². The molecule has 0 saturated heterocycles. The third kappa shape index (κ3) is 1.48. The first-order valence-electron chi connectivity index (χ1n) is 3.18. The Balaban J connectivity index is 2.63. The van der Waals surface area contributed by atoms with Gasteiger partial charge in [0.05, 0.1) is 12.9 Å². The minimum absolute atomic E-state index is 0.0786. The molecule has 1 rings (SSSR count). The van der Waals surface area contributed by atoms with E-state index in [0.717, 1.165) is 17.4 Å². The molecule has 0 spiro atoms. The second kappa shape index (κ2) is 3.22. The molecule has 0 aromatic heterocycles. The van der Waals surface area contributed by atoms with Crippen molar-refractivity contribution in [2.75, 3.05) is 6.61 Å². The van der Waals surface area contributed by atoms with Crippen LogP contribution in [-0.4, -0.2) is 16.8 Å². The van der Waals surface area contributed by atoms with Gasteiger partial charge >= 0.3 is 0 Å². The van der Waals surface area contributed by atoms with Crippen LogP contribution in [0.1, 0.15) is 6.42 Å². The maximum absolute atomic E-state index is 8.65. The molecule has 0 saturated carbocycles. The van der Waals surface area contributed by atoms with Crippen molar-refractivity contribution in [2.45, 2.75) is 6.42 Å². The van der Waals surface area contributed by atoms with Crippen LogP contribution in [0.25, 0.3) is 0 Å². The van der Waals surface area contributed by atoms with Crippen LogP contribution in [0, 0.1) is 0 Å². The standard InChI is InChI=1S/C8H10O2/c9-5-7-1-2-8(6-10)4-3-7/h1-3,6,9-10H,4-5H2. The maximum atomic E-state index is 8.65. The van der Waals surface area contributed by atoms with E-state index >= 15 is 0 Å². The molecule has 1 aliphatic carbocycles. The van der Waals surface area contributed by atoms with Crippen molar-refractivity contribution < 1.29 is 10.2 Å². The monoisotopic (exact) mass is 138 g/mol. The molecule has 54 valence electrons. The second-order valence-electron chi connectivity index (χ2n) is 2.18. The van der Waals surface area contributed by atoms with Gasteiger partial charge in [0.2, 0.25) is 0 Å². The average molecular weight is 138 g/mol. The van der Waals surface area contributed by atoms with Crippen LogP contribution in [0.5, 0.6) is 0 Å². The summed E-state index contributed by atoms with van der Waals surface area (Å²) in [7, 11) is 0. The summed E-state index contributed by atoms with van der Waals surface area (Å²) in [5.74, 6) is 0. The fraction of sp³-hybridized carbons (Fsp3) is 0.250. The van der Waals surface area contributed by atoms with E-state index in [9.17, 15) is 0 Å². The van der Waals surface area contributed by atoms with Gasteiger partial charge in [-0.15, -0.1) is 0 Å². The number of allylic oxidation sites excluding steroid dienone is 3. The predicted octanol–water partition coefficient (Wildman–Crippen LogP) is 1.31. The summed E-state index contributed by atoms with van der Waals surface area (Å²) < 4.78 is 0. The van der Waals surface area contributed by atoms with Crippen molar-refractivity contribution in [2.24, 2.45) is 0 Å². The molecule has 0 radical (unpaired) electrons. The quantitative estimate of drug-likeness (QED) is 0.536. The van der Waals surface area contributed by atoms with Gasteiger partial charge in [-0.3, -0.25) is 0 Å². The summed E-state index contributed by atoms with van der Waals surface area (Å²) in [4.78, 5) is 0. The van der Waals surface area contributed by atoms with E-state index in [2.05, 4.69) is 0 Å². The molecule has 2 N–H and O–H groups in total. The number of hydrogen-bond donors (Lipinski definition) is 2.